The van der Waals surface area contributed by atoms with E-state index >= 15 is 0 Å². The molecule has 0 aliphatic carbocycles. The van der Waals surface area contributed by atoms with Gasteiger partial charge in [-0.25, -0.2) is 17.2 Å². The molecule has 0 atom stereocenters. The lowest BCUT2D eigenvalue weighted by Crippen LogP contribution is -2.18. The van der Waals surface area contributed by atoms with Crippen molar-refractivity contribution in [2.45, 2.75) is 11.8 Å². The number of hydrogen-bond acceptors (Lipinski definition) is 5. The second kappa shape index (κ2) is 5.65. The Labute approximate surface area is 123 Å². The second-order valence-corrected chi connectivity index (χ2v) is 6.19. The Morgan fingerprint density at radius 1 is 1.24 bits per heavy atom. The molecular formula is C13H14BNO5S. The minimum atomic E-state index is -3.89. The smallest absolute Gasteiger partial charge is 0.355 e. The molecule has 0 bridgehead atoms. The molecule has 1 heterocycles. The number of aryl methyl sites for hydroxylation is 1. The van der Waals surface area contributed by atoms with Gasteiger partial charge in [-0.2, -0.15) is 0 Å². The van der Waals surface area contributed by atoms with E-state index in [9.17, 15) is 13.2 Å². The first-order valence-corrected chi connectivity index (χ1v) is 7.51. The standard InChI is InChI=1S/C13H14BNO5S/c1-9-3-5-11(6-4-9)21(17,18)15-8-10(20-14)7-12(15)13(16)19-2/h3-8H,14H2,1-2H3. The van der Waals surface area contributed by atoms with Gasteiger partial charge in [-0.05, 0) is 19.1 Å². The average Bonchev–Trinajstić information content (AvgIpc) is 2.92. The fourth-order valence-corrected chi connectivity index (χ4v) is 3.14. The molecule has 2 aromatic rings. The van der Waals surface area contributed by atoms with Gasteiger partial charge >= 0.3 is 14.0 Å². The summed E-state index contributed by atoms with van der Waals surface area (Å²) in [6, 6.07) is 7.66. The summed E-state index contributed by atoms with van der Waals surface area (Å²) in [5, 5.41) is 0. The molecule has 0 aliphatic heterocycles. The first-order chi connectivity index (χ1) is 9.90. The van der Waals surface area contributed by atoms with Crippen molar-refractivity contribution in [2.24, 2.45) is 0 Å². The molecule has 110 valence electrons. The zero-order chi connectivity index (χ0) is 15.6. The molecule has 1 aromatic carbocycles. The van der Waals surface area contributed by atoms with Gasteiger partial charge in [0.25, 0.3) is 10.0 Å². The molecule has 0 saturated heterocycles. The number of rotatable bonds is 4. The van der Waals surface area contributed by atoms with E-state index in [4.69, 9.17) is 4.65 Å². The van der Waals surface area contributed by atoms with Gasteiger partial charge in [0.15, 0.2) is 0 Å². The maximum Gasteiger partial charge on any atom is 0.355 e. The van der Waals surface area contributed by atoms with E-state index < -0.39 is 16.0 Å². The quantitative estimate of drug-likeness (QED) is 0.615. The Bertz CT molecular complexity index is 764. The van der Waals surface area contributed by atoms with Crippen LogP contribution in [0.4, 0.5) is 0 Å². The third kappa shape index (κ3) is 2.80. The molecule has 0 amide bonds. The monoisotopic (exact) mass is 307 g/mol. The van der Waals surface area contributed by atoms with Gasteiger partial charge in [-0.15, -0.1) is 0 Å². The third-order valence-electron chi connectivity index (χ3n) is 2.97. The number of hydrogen-bond donors (Lipinski definition) is 0. The van der Waals surface area contributed by atoms with Crippen molar-refractivity contribution in [3.63, 3.8) is 0 Å². The number of aromatic nitrogens is 1. The summed E-state index contributed by atoms with van der Waals surface area (Å²) in [7, 11) is -1.32. The number of carbonyl (C=O) groups excluding carboxylic acids is 1. The van der Waals surface area contributed by atoms with Crippen LogP contribution < -0.4 is 4.65 Å². The molecule has 2 rings (SSSR count). The van der Waals surface area contributed by atoms with Crippen LogP contribution in [0.1, 0.15) is 16.1 Å². The molecule has 0 radical (unpaired) electrons. The molecule has 0 unspecified atom stereocenters. The van der Waals surface area contributed by atoms with Crippen molar-refractivity contribution in [3.05, 3.63) is 47.8 Å². The van der Waals surface area contributed by atoms with Gasteiger partial charge in [0.05, 0.1) is 18.2 Å². The zero-order valence-corrected chi connectivity index (χ0v) is 12.7. The van der Waals surface area contributed by atoms with Crippen molar-refractivity contribution in [1.29, 1.82) is 0 Å². The highest BCUT2D eigenvalue weighted by Crippen LogP contribution is 2.23. The van der Waals surface area contributed by atoms with Crippen LogP contribution in [0.3, 0.4) is 0 Å². The van der Waals surface area contributed by atoms with E-state index in [2.05, 4.69) is 4.74 Å². The lowest BCUT2D eigenvalue weighted by Gasteiger charge is -2.09. The minimum Gasteiger partial charge on any atom is -0.567 e. The summed E-state index contributed by atoms with van der Waals surface area (Å²) < 4.78 is 35.7. The van der Waals surface area contributed by atoms with Crippen LogP contribution in [0, 0.1) is 6.92 Å². The summed E-state index contributed by atoms with van der Waals surface area (Å²) in [6.45, 7) is 1.86. The van der Waals surface area contributed by atoms with Crippen molar-refractivity contribution < 1.29 is 22.6 Å². The minimum absolute atomic E-state index is 0.0801. The number of ether oxygens (including phenoxy) is 1. The molecule has 0 fully saturated rings. The van der Waals surface area contributed by atoms with Crippen LogP contribution in [0.15, 0.2) is 41.4 Å². The van der Waals surface area contributed by atoms with Gasteiger partial charge in [0, 0.05) is 6.07 Å². The predicted octanol–water partition coefficient (Wildman–Crippen LogP) is 0.747. The van der Waals surface area contributed by atoms with Crippen LogP contribution in [0.25, 0.3) is 0 Å². The lowest BCUT2D eigenvalue weighted by atomic mass is 10.2. The highest BCUT2D eigenvalue weighted by molar-refractivity contribution is 7.90. The van der Waals surface area contributed by atoms with Crippen LogP contribution in [0.2, 0.25) is 0 Å². The number of nitrogens with zero attached hydrogens (tertiary/aromatic N) is 1. The highest BCUT2D eigenvalue weighted by Gasteiger charge is 2.25. The number of esters is 1. The Morgan fingerprint density at radius 2 is 1.86 bits per heavy atom. The summed E-state index contributed by atoms with van der Waals surface area (Å²) in [4.78, 5) is 11.8. The first-order valence-electron chi connectivity index (χ1n) is 6.07. The maximum absolute atomic E-state index is 12.6. The van der Waals surface area contributed by atoms with E-state index in [1.54, 1.807) is 12.1 Å². The van der Waals surface area contributed by atoms with Gasteiger partial charge in [0.2, 0.25) is 0 Å². The Hall–Kier alpha value is -2.22. The Balaban J connectivity index is 2.61. The topological polar surface area (TPSA) is 74.6 Å². The van der Waals surface area contributed by atoms with Crippen LogP contribution in [-0.4, -0.2) is 33.5 Å². The highest BCUT2D eigenvalue weighted by atomic mass is 32.2. The first kappa shape index (κ1) is 15.2. The van der Waals surface area contributed by atoms with Crippen molar-refractivity contribution in [1.82, 2.24) is 3.97 Å². The molecule has 0 saturated carbocycles. The molecule has 8 heteroatoms. The molecule has 6 nitrogen and oxygen atoms in total. The Morgan fingerprint density at radius 3 is 2.38 bits per heavy atom. The molecular weight excluding hydrogens is 293 g/mol. The largest absolute Gasteiger partial charge is 0.567 e. The van der Waals surface area contributed by atoms with E-state index in [0.717, 1.165) is 9.54 Å². The van der Waals surface area contributed by atoms with Crippen molar-refractivity contribution in [2.75, 3.05) is 7.11 Å². The van der Waals surface area contributed by atoms with E-state index in [1.807, 2.05) is 6.92 Å². The molecule has 1 aromatic heterocycles. The summed E-state index contributed by atoms with van der Waals surface area (Å²) >= 11 is 0. The SMILES string of the molecule is BOc1cc(C(=O)OC)n(S(=O)(=O)c2ccc(C)cc2)c1. The predicted molar refractivity (Wildman–Crippen MR) is 78.7 cm³/mol. The summed E-state index contributed by atoms with van der Waals surface area (Å²) in [5.74, 6) is -0.500. The fourth-order valence-electron chi connectivity index (χ4n) is 1.81. The van der Waals surface area contributed by atoms with Gasteiger partial charge in [-0.3, -0.25) is 0 Å². The van der Waals surface area contributed by atoms with E-state index in [1.165, 1.54) is 39.6 Å². The Kier molecular flexibility index (Phi) is 4.08. The normalized spacial score (nSPS) is 11.1. The third-order valence-corrected chi connectivity index (χ3v) is 4.66. The van der Waals surface area contributed by atoms with Crippen LogP contribution >= 0.6 is 0 Å². The lowest BCUT2D eigenvalue weighted by molar-refractivity contribution is 0.0592. The molecule has 0 spiro atoms. The second-order valence-electron chi connectivity index (χ2n) is 4.37. The zero-order valence-electron chi connectivity index (χ0n) is 11.9. The van der Waals surface area contributed by atoms with E-state index in [0.29, 0.717) is 0 Å². The van der Waals surface area contributed by atoms with Gasteiger partial charge < -0.3 is 9.39 Å². The van der Waals surface area contributed by atoms with Crippen molar-refractivity contribution in [3.8, 4) is 5.75 Å². The van der Waals surface area contributed by atoms with Gasteiger partial charge in [0.1, 0.15) is 11.4 Å². The number of methoxy groups -OCH3 is 1. The average molecular weight is 307 g/mol. The number of carbonyl (C=O) groups is 1. The fraction of sp³-hybridized carbons (Fsp3) is 0.154. The van der Waals surface area contributed by atoms with Crippen LogP contribution in [0.5, 0.6) is 5.75 Å². The maximum atomic E-state index is 12.6. The van der Waals surface area contributed by atoms with Gasteiger partial charge in [-0.1, -0.05) is 17.7 Å². The van der Waals surface area contributed by atoms with E-state index in [-0.39, 0.29) is 16.3 Å². The molecule has 21 heavy (non-hydrogen) atoms. The van der Waals surface area contributed by atoms with Crippen molar-refractivity contribution >= 4 is 24.0 Å². The summed E-state index contributed by atoms with van der Waals surface area (Å²) in [6.07, 6.45) is 1.24. The number of benzene rings is 1. The van der Waals surface area contributed by atoms with Crippen LogP contribution in [-0.2, 0) is 14.8 Å². The molecule has 0 aliphatic rings. The molecule has 0 N–H and O–H groups in total. The summed E-state index contributed by atoms with van der Waals surface area (Å²) in [5.41, 5.74) is 0.821.